The predicted molar refractivity (Wildman–Crippen MR) is 48.6 cm³/mol. The zero-order chi connectivity index (χ0) is 7.40. The molecule has 0 fully saturated rings. The van der Waals surface area contributed by atoms with Crippen molar-refractivity contribution in [1.82, 2.24) is 0 Å². The first-order valence-electron chi connectivity index (χ1n) is 3.51. The van der Waals surface area contributed by atoms with E-state index in [1.807, 2.05) is 6.07 Å². The molecule has 0 saturated heterocycles. The van der Waals surface area contributed by atoms with Gasteiger partial charge in [0.25, 0.3) is 0 Å². The van der Waals surface area contributed by atoms with Crippen LogP contribution in [0.4, 0.5) is 0 Å². The van der Waals surface area contributed by atoms with Crippen LogP contribution in [-0.4, -0.2) is 5.25 Å². The van der Waals surface area contributed by atoms with E-state index >= 15 is 0 Å². The number of hydrogen-bond donors (Lipinski definition) is 1. The molecule has 0 heterocycles. The van der Waals surface area contributed by atoms with Gasteiger partial charge < -0.3 is 0 Å². The first kappa shape index (κ1) is 7.67. The third-order valence-corrected chi connectivity index (χ3v) is 1.56. The van der Waals surface area contributed by atoms with Crippen LogP contribution in [0.5, 0.6) is 0 Å². The van der Waals surface area contributed by atoms with E-state index in [9.17, 15) is 0 Å². The minimum absolute atomic E-state index is 0.461. The molecular formula is C9H12S. The van der Waals surface area contributed by atoms with E-state index < -0.39 is 0 Å². The number of hydrogen-bond acceptors (Lipinski definition) is 1. The zero-order valence-electron chi connectivity index (χ0n) is 6.12. The van der Waals surface area contributed by atoms with Crippen molar-refractivity contribution in [2.75, 3.05) is 0 Å². The fraction of sp³-hybridized carbons (Fsp3) is 0.333. The van der Waals surface area contributed by atoms with Gasteiger partial charge in [-0.25, -0.2) is 0 Å². The lowest BCUT2D eigenvalue weighted by molar-refractivity contribution is 0.951. The fourth-order valence-electron chi connectivity index (χ4n) is 0.955. The molecule has 0 amide bonds. The molecule has 1 rings (SSSR count). The lowest BCUT2D eigenvalue weighted by Gasteiger charge is -2.01. The highest BCUT2D eigenvalue weighted by molar-refractivity contribution is 7.80. The zero-order valence-corrected chi connectivity index (χ0v) is 7.01. The Bertz CT molecular complexity index is 179. The fourth-order valence-corrected chi connectivity index (χ4v) is 1.17. The Morgan fingerprint density at radius 3 is 2.40 bits per heavy atom. The summed E-state index contributed by atoms with van der Waals surface area (Å²) in [4.78, 5) is 0. The molecule has 1 aromatic carbocycles. The normalized spacial score (nSPS) is 13.0. The van der Waals surface area contributed by atoms with E-state index in [1.54, 1.807) is 0 Å². The van der Waals surface area contributed by atoms with Crippen molar-refractivity contribution in [3.8, 4) is 0 Å². The van der Waals surface area contributed by atoms with Gasteiger partial charge in [-0.15, -0.1) is 0 Å². The third kappa shape index (κ3) is 2.44. The maximum atomic E-state index is 4.31. The maximum absolute atomic E-state index is 4.31. The number of benzene rings is 1. The molecule has 1 atom stereocenters. The second-order valence-electron chi connectivity index (χ2n) is 2.54. The summed E-state index contributed by atoms with van der Waals surface area (Å²) in [7, 11) is 0. The highest BCUT2D eigenvalue weighted by Gasteiger charge is 1.94. The van der Waals surface area contributed by atoms with Crippen LogP contribution in [0, 0.1) is 0 Å². The molecule has 0 nitrogen and oxygen atoms in total. The first-order chi connectivity index (χ1) is 4.79. The quantitative estimate of drug-likeness (QED) is 0.619. The van der Waals surface area contributed by atoms with Gasteiger partial charge >= 0.3 is 0 Å². The smallest absolute Gasteiger partial charge is 0.00288 e. The van der Waals surface area contributed by atoms with Crippen LogP contribution < -0.4 is 0 Å². The van der Waals surface area contributed by atoms with Crippen molar-refractivity contribution in [3.05, 3.63) is 35.9 Å². The summed E-state index contributed by atoms with van der Waals surface area (Å²) in [6.45, 7) is 2.11. The van der Waals surface area contributed by atoms with Gasteiger partial charge in [0.15, 0.2) is 0 Å². The lowest BCUT2D eigenvalue weighted by atomic mass is 10.1. The molecule has 0 aromatic heterocycles. The van der Waals surface area contributed by atoms with Crippen LogP contribution in [0.25, 0.3) is 0 Å². The van der Waals surface area contributed by atoms with Gasteiger partial charge in [0.2, 0.25) is 0 Å². The van der Waals surface area contributed by atoms with Crippen molar-refractivity contribution < 1.29 is 0 Å². The third-order valence-electron chi connectivity index (χ3n) is 1.37. The molecule has 0 radical (unpaired) electrons. The van der Waals surface area contributed by atoms with E-state index in [1.165, 1.54) is 5.56 Å². The van der Waals surface area contributed by atoms with Gasteiger partial charge in [0.1, 0.15) is 0 Å². The average Bonchev–Trinajstić information content (AvgIpc) is 1.88. The Labute approximate surface area is 67.7 Å². The molecule has 0 spiro atoms. The van der Waals surface area contributed by atoms with Gasteiger partial charge in [-0.1, -0.05) is 37.3 Å². The monoisotopic (exact) mass is 152 g/mol. The molecule has 0 aliphatic rings. The maximum Gasteiger partial charge on any atom is 0.00288 e. The Hall–Kier alpha value is -0.430. The first-order valence-corrected chi connectivity index (χ1v) is 4.02. The second-order valence-corrected chi connectivity index (χ2v) is 3.42. The van der Waals surface area contributed by atoms with Crippen molar-refractivity contribution >= 4 is 12.6 Å². The van der Waals surface area contributed by atoms with Crippen LogP contribution in [0.1, 0.15) is 12.5 Å². The Balaban J connectivity index is 2.59. The van der Waals surface area contributed by atoms with Crippen molar-refractivity contribution in [2.45, 2.75) is 18.6 Å². The van der Waals surface area contributed by atoms with Crippen molar-refractivity contribution in [3.63, 3.8) is 0 Å². The van der Waals surface area contributed by atoms with E-state index in [2.05, 4.69) is 43.8 Å². The predicted octanol–water partition coefficient (Wildman–Crippen LogP) is 2.55. The van der Waals surface area contributed by atoms with Crippen LogP contribution in [0.15, 0.2) is 30.3 Å². The summed E-state index contributed by atoms with van der Waals surface area (Å²) in [5, 5.41) is 0.461. The molecule has 54 valence electrons. The van der Waals surface area contributed by atoms with E-state index in [4.69, 9.17) is 0 Å². The van der Waals surface area contributed by atoms with Gasteiger partial charge in [0, 0.05) is 5.25 Å². The van der Waals surface area contributed by atoms with Gasteiger partial charge in [-0.2, -0.15) is 12.6 Å². The summed E-state index contributed by atoms with van der Waals surface area (Å²) in [5.41, 5.74) is 1.37. The molecule has 0 N–H and O–H groups in total. The van der Waals surface area contributed by atoms with Crippen LogP contribution in [0.2, 0.25) is 0 Å². The molecule has 1 heteroatoms. The molecule has 1 aromatic rings. The van der Waals surface area contributed by atoms with E-state index in [-0.39, 0.29) is 0 Å². The molecular weight excluding hydrogens is 140 g/mol. The second kappa shape index (κ2) is 3.67. The Morgan fingerprint density at radius 1 is 1.30 bits per heavy atom. The van der Waals surface area contributed by atoms with Gasteiger partial charge in [0.05, 0.1) is 0 Å². The van der Waals surface area contributed by atoms with E-state index in [0.29, 0.717) is 5.25 Å². The van der Waals surface area contributed by atoms with Crippen LogP contribution >= 0.6 is 12.6 Å². The summed E-state index contributed by atoms with van der Waals surface area (Å²) < 4.78 is 0. The minimum atomic E-state index is 0.461. The van der Waals surface area contributed by atoms with Gasteiger partial charge in [-0.3, -0.25) is 0 Å². The lowest BCUT2D eigenvalue weighted by Crippen LogP contribution is -1.95. The molecule has 0 aliphatic carbocycles. The molecule has 0 saturated carbocycles. The average molecular weight is 152 g/mol. The topological polar surface area (TPSA) is 0 Å². The summed E-state index contributed by atoms with van der Waals surface area (Å²) in [6.07, 6.45) is 1.06. The number of rotatable bonds is 2. The SMILES string of the molecule is CC(S)Cc1ccccc1. The molecule has 0 bridgehead atoms. The van der Waals surface area contributed by atoms with Crippen molar-refractivity contribution in [1.29, 1.82) is 0 Å². The van der Waals surface area contributed by atoms with Crippen LogP contribution in [-0.2, 0) is 6.42 Å². The summed E-state index contributed by atoms with van der Waals surface area (Å²) in [5.74, 6) is 0. The Morgan fingerprint density at radius 2 is 1.90 bits per heavy atom. The Kier molecular flexibility index (Phi) is 2.82. The van der Waals surface area contributed by atoms with Gasteiger partial charge in [-0.05, 0) is 12.0 Å². The molecule has 0 aliphatic heterocycles. The largest absolute Gasteiger partial charge is 0.176 e. The standard InChI is InChI=1S/C9H12S/c1-8(10)7-9-5-3-2-4-6-9/h2-6,8,10H,7H2,1H3. The van der Waals surface area contributed by atoms with Crippen LogP contribution in [0.3, 0.4) is 0 Å². The highest BCUT2D eigenvalue weighted by Crippen LogP contribution is 2.05. The van der Waals surface area contributed by atoms with E-state index in [0.717, 1.165) is 6.42 Å². The van der Waals surface area contributed by atoms with Crippen molar-refractivity contribution in [2.24, 2.45) is 0 Å². The molecule has 1 unspecified atom stereocenters. The summed E-state index contributed by atoms with van der Waals surface area (Å²) in [6, 6.07) is 10.4. The minimum Gasteiger partial charge on any atom is -0.176 e. The summed E-state index contributed by atoms with van der Waals surface area (Å²) >= 11 is 4.31. The molecule has 10 heavy (non-hydrogen) atoms. The number of thiol groups is 1. The highest BCUT2D eigenvalue weighted by atomic mass is 32.1.